The second-order valence-electron chi connectivity index (χ2n) is 8.67. The summed E-state index contributed by atoms with van der Waals surface area (Å²) in [4.78, 5) is 46.7. The Hall–Kier alpha value is -1.76. The lowest BCUT2D eigenvalue weighted by molar-refractivity contribution is -0.891. The molecule has 198 valence electrons. The second kappa shape index (κ2) is 15.3. The first-order valence-corrected chi connectivity index (χ1v) is 11.1. The summed E-state index contributed by atoms with van der Waals surface area (Å²) in [5, 5.41) is 0. The van der Waals surface area contributed by atoms with Crippen LogP contribution >= 0.6 is 0 Å². The number of ether oxygens (including phenoxy) is 6. The molecule has 5 atom stereocenters. The molecule has 0 aromatic carbocycles. The standard InChI is InChI=1S/C22H38NO10.BrH/c1-8-9-10-23(6,7)11-12-28-22-21(32-17(5)27)20(31-16(4)26)19(30-15(3)25)18(33-22)13-29-14(2)24;/h18-22H,8-13H2,1-7H3;1H/q+1;/p-1/t18-,19-,20+,21-,22-;/m1./s1. The maximum Gasteiger partial charge on any atom is 0.303 e. The van der Waals surface area contributed by atoms with E-state index >= 15 is 0 Å². The summed E-state index contributed by atoms with van der Waals surface area (Å²) in [7, 11) is 4.15. The zero-order valence-electron chi connectivity index (χ0n) is 21.0. The molecule has 1 aliphatic rings. The number of nitrogens with zero attached hydrogens (tertiary/aromatic N) is 1. The van der Waals surface area contributed by atoms with Crippen molar-refractivity contribution in [2.75, 3.05) is 40.4 Å². The van der Waals surface area contributed by atoms with Gasteiger partial charge in [0, 0.05) is 27.7 Å². The number of hydrogen-bond acceptors (Lipinski definition) is 10. The van der Waals surface area contributed by atoms with Gasteiger partial charge in [0.05, 0.1) is 27.2 Å². The number of halogens is 1. The van der Waals surface area contributed by atoms with Crippen molar-refractivity contribution >= 4 is 23.9 Å². The van der Waals surface area contributed by atoms with Crippen molar-refractivity contribution in [1.29, 1.82) is 0 Å². The number of likely N-dealkylation sites (N-methyl/N-ethyl adjacent to an activating group) is 1. The lowest BCUT2D eigenvalue weighted by Crippen LogP contribution is -3.00. The van der Waals surface area contributed by atoms with Crippen LogP contribution in [0.25, 0.3) is 0 Å². The monoisotopic (exact) mass is 555 g/mol. The largest absolute Gasteiger partial charge is 1.00 e. The fourth-order valence-electron chi connectivity index (χ4n) is 3.44. The number of quaternary nitrogens is 1. The molecule has 0 unspecified atom stereocenters. The van der Waals surface area contributed by atoms with Crippen LogP contribution in [0.5, 0.6) is 0 Å². The highest BCUT2D eigenvalue weighted by molar-refractivity contribution is 5.68. The molecule has 0 N–H and O–H groups in total. The van der Waals surface area contributed by atoms with Gasteiger partial charge in [-0.15, -0.1) is 0 Å². The van der Waals surface area contributed by atoms with Gasteiger partial charge in [-0.2, -0.15) is 0 Å². The Bertz CT molecular complexity index is 687. The molecule has 1 fully saturated rings. The second-order valence-corrected chi connectivity index (χ2v) is 8.67. The van der Waals surface area contributed by atoms with Crippen LogP contribution in [-0.2, 0) is 47.6 Å². The van der Waals surface area contributed by atoms with Gasteiger partial charge >= 0.3 is 23.9 Å². The van der Waals surface area contributed by atoms with E-state index in [0.29, 0.717) is 11.0 Å². The van der Waals surface area contributed by atoms with Gasteiger partial charge in [-0.3, -0.25) is 19.2 Å². The van der Waals surface area contributed by atoms with Crippen molar-refractivity contribution in [2.24, 2.45) is 0 Å². The molecule has 0 bridgehead atoms. The van der Waals surface area contributed by atoms with Crippen LogP contribution in [0.1, 0.15) is 47.5 Å². The highest BCUT2D eigenvalue weighted by atomic mass is 79.9. The highest BCUT2D eigenvalue weighted by Gasteiger charge is 2.52. The smallest absolute Gasteiger partial charge is 0.303 e. The number of rotatable bonds is 12. The van der Waals surface area contributed by atoms with E-state index in [1.54, 1.807) is 0 Å². The van der Waals surface area contributed by atoms with Crippen LogP contribution in [0, 0.1) is 0 Å². The molecule has 0 aliphatic carbocycles. The molecule has 1 aliphatic heterocycles. The zero-order chi connectivity index (χ0) is 25.2. The minimum Gasteiger partial charge on any atom is -1.00 e. The van der Waals surface area contributed by atoms with Gasteiger partial charge in [-0.1, -0.05) is 13.3 Å². The Balaban J connectivity index is 0.0000109. The molecular formula is C22H38BrNO10. The molecule has 34 heavy (non-hydrogen) atoms. The fraction of sp³-hybridized carbons (Fsp3) is 0.818. The van der Waals surface area contributed by atoms with Crippen LogP contribution in [0.15, 0.2) is 0 Å². The fourth-order valence-corrected chi connectivity index (χ4v) is 3.44. The van der Waals surface area contributed by atoms with Crippen LogP contribution in [-0.4, -0.2) is 99.5 Å². The Morgan fingerprint density at radius 1 is 0.794 bits per heavy atom. The van der Waals surface area contributed by atoms with Crippen molar-refractivity contribution in [1.82, 2.24) is 0 Å². The highest BCUT2D eigenvalue weighted by Crippen LogP contribution is 2.30. The van der Waals surface area contributed by atoms with E-state index in [9.17, 15) is 19.2 Å². The van der Waals surface area contributed by atoms with Crippen molar-refractivity contribution in [3.05, 3.63) is 0 Å². The third-order valence-electron chi connectivity index (χ3n) is 5.04. The molecular weight excluding hydrogens is 518 g/mol. The van der Waals surface area contributed by atoms with Crippen LogP contribution < -0.4 is 17.0 Å². The van der Waals surface area contributed by atoms with Gasteiger partial charge in [0.15, 0.2) is 24.6 Å². The Kier molecular flexibility index (Phi) is 14.5. The van der Waals surface area contributed by atoms with Crippen LogP contribution in [0.4, 0.5) is 0 Å². The van der Waals surface area contributed by atoms with Gasteiger partial charge in [-0.05, 0) is 6.42 Å². The first-order chi connectivity index (χ1) is 15.4. The number of carbonyl (C=O) groups is 4. The summed E-state index contributed by atoms with van der Waals surface area (Å²) in [6, 6.07) is 0. The molecule has 1 heterocycles. The lowest BCUT2D eigenvalue weighted by Gasteiger charge is -2.44. The maximum atomic E-state index is 11.8. The summed E-state index contributed by atoms with van der Waals surface area (Å²) in [6.07, 6.45) is -3.63. The SMILES string of the molecule is CCCC[N+](C)(C)CCO[C@@H]1O[C@H](COC(C)=O)[C@@H](OC(C)=O)[C@H](OC(C)=O)[C@H]1OC(C)=O.[Br-]. The van der Waals surface area contributed by atoms with Gasteiger partial charge in [-0.25, -0.2) is 0 Å². The van der Waals surface area contributed by atoms with Crippen molar-refractivity contribution in [2.45, 2.75) is 78.2 Å². The van der Waals surface area contributed by atoms with Gasteiger partial charge in [0.25, 0.3) is 0 Å². The molecule has 0 aromatic rings. The summed E-state index contributed by atoms with van der Waals surface area (Å²) in [5.74, 6) is -2.59. The van der Waals surface area contributed by atoms with Crippen LogP contribution in [0.2, 0.25) is 0 Å². The molecule has 0 saturated carbocycles. The van der Waals surface area contributed by atoms with Gasteiger partial charge in [0.2, 0.25) is 0 Å². The molecule has 12 heteroatoms. The van der Waals surface area contributed by atoms with E-state index in [2.05, 4.69) is 21.0 Å². The minimum absolute atomic E-state index is 0. The number of unbranched alkanes of at least 4 members (excludes halogenated alkanes) is 1. The predicted octanol–water partition coefficient (Wildman–Crippen LogP) is -2.03. The van der Waals surface area contributed by atoms with Crippen molar-refractivity contribution < 1.29 is 69.1 Å². The first-order valence-electron chi connectivity index (χ1n) is 11.1. The Morgan fingerprint density at radius 2 is 1.32 bits per heavy atom. The minimum atomic E-state index is -1.22. The van der Waals surface area contributed by atoms with Crippen molar-refractivity contribution in [3.63, 3.8) is 0 Å². The third-order valence-corrected chi connectivity index (χ3v) is 5.04. The van der Waals surface area contributed by atoms with E-state index in [0.717, 1.165) is 19.4 Å². The van der Waals surface area contributed by atoms with E-state index in [1.807, 2.05) is 0 Å². The lowest BCUT2D eigenvalue weighted by atomic mass is 9.98. The Morgan fingerprint density at radius 3 is 1.82 bits per heavy atom. The number of hydrogen-bond donors (Lipinski definition) is 0. The van der Waals surface area contributed by atoms with E-state index in [-0.39, 0.29) is 30.2 Å². The van der Waals surface area contributed by atoms with E-state index < -0.39 is 54.6 Å². The predicted molar refractivity (Wildman–Crippen MR) is 115 cm³/mol. The molecule has 0 radical (unpaired) electrons. The first kappa shape index (κ1) is 32.2. The third kappa shape index (κ3) is 11.6. The molecule has 0 amide bonds. The number of esters is 4. The molecule has 1 saturated heterocycles. The summed E-state index contributed by atoms with van der Waals surface area (Å²) in [6.45, 7) is 8.46. The summed E-state index contributed by atoms with van der Waals surface area (Å²) < 4.78 is 33.7. The molecule has 11 nitrogen and oxygen atoms in total. The number of carbonyl (C=O) groups excluding carboxylic acids is 4. The van der Waals surface area contributed by atoms with Gasteiger partial charge < -0.3 is 49.9 Å². The van der Waals surface area contributed by atoms with Crippen LogP contribution in [0.3, 0.4) is 0 Å². The molecule has 0 aromatic heterocycles. The maximum absolute atomic E-state index is 11.8. The normalized spacial score (nSPS) is 24.4. The quantitative estimate of drug-likeness (QED) is 0.151. The molecule has 0 spiro atoms. The Labute approximate surface area is 211 Å². The average molecular weight is 556 g/mol. The van der Waals surface area contributed by atoms with Crippen molar-refractivity contribution in [3.8, 4) is 0 Å². The van der Waals surface area contributed by atoms with E-state index in [4.69, 9.17) is 28.4 Å². The average Bonchev–Trinajstić information content (AvgIpc) is 2.68. The van der Waals surface area contributed by atoms with E-state index in [1.165, 1.54) is 27.7 Å². The van der Waals surface area contributed by atoms with Gasteiger partial charge in [0.1, 0.15) is 19.3 Å². The topological polar surface area (TPSA) is 124 Å². The summed E-state index contributed by atoms with van der Waals surface area (Å²) in [5.41, 5.74) is 0. The zero-order valence-corrected chi connectivity index (χ0v) is 22.6. The molecule has 1 rings (SSSR count). The summed E-state index contributed by atoms with van der Waals surface area (Å²) >= 11 is 0.